The van der Waals surface area contributed by atoms with Crippen molar-refractivity contribution >= 4 is 40.6 Å². The van der Waals surface area contributed by atoms with Gasteiger partial charge in [-0.3, -0.25) is 9.59 Å². The first-order chi connectivity index (χ1) is 17.2. The summed E-state index contributed by atoms with van der Waals surface area (Å²) in [5.41, 5.74) is 1.58. The summed E-state index contributed by atoms with van der Waals surface area (Å²) in [5.74, 6) is -0.934. The first-order valence-electron chi connectivity index (χ1n) is 10.8. The molecule has 1 heterocycles. The molecular weight excluding hydrogens is 487 g/mol. The third kappa shape index (κ3) is 5.87. The lowest BCUT2D eigenvalue weighted by Crippen LogP contribution is -2.26. The Morgan fingerprint density at radius 2 is 1.78 bits per heavy atom. The maximum atomic E-state index is 13.0. The van der Waals surface area contributed by atoms with Crippen LogP contribution in [-0.4, -0.2) is 23.8 Å². The number of nitrogens with one attached hydrogen (secondary N) is 1. The Morgan fingerprint density at radius 1 is 1.00 bits per heavy atom. The smallest absolute Gasteiger partial charge is 0.322 e. The molecule has 5 nitrogen and oxygen atoms in total. The predicted molar refractivity (Wildman–Crippen MR) is 136 cm³/mol. The van der Waals surface area contributed by atoms with Crippen molar-refractivity contribution in [2.45, 2.75) is 6.18 Å². The number of aromatic nitrogens is 1. The van der Waals surface area contributed by atoms with Crippen molar-refractivity contribution in [3.63, 3.8) is 0 Å². The van der Waals surface area contributed by atoms with Gasteiger partial charge >= 0.3 is 6.18 Å². The van der Waals surface area contributed by atoms with Crippen LogP contribution in [0.5, 0.6) is 0 Å². The molecule has 0 unspecified atom stereocenters. The summed E-state index contributed by atoms with van der Waals surface area (Å²) < 4.78 is 39.1. The van der Waals surface area contributed by atoms with E-state index in [9.17, 15) is 22.8 Å². The number of alkyl halides is 3. The van der Waals surface area contributed by atoms with Crippen molar-refractivity contribution < 1.29 is 22.8 Å². The topological polar surface area (TPSA) is 62.3 Å². The molecule has 1 aromatic heterocycles. The third-order valence-corrected chi connectivity index (χ3v) is 6.08. The van der Waals surface area contributed by atoms with Gasteiger partial charge in [-0.2, -0.15) is 13.2 Å². The number of benzene rings is 3. The van der Waals surface area contributed by atoms with Crippen molar-refractivity contribution in [1.29, 1.82) is 0 Å². The second-order valence-corrected chi connectivity index (χ2v) is 8.64. The van der Waals surface area contributed by atoms with E-state index < -0.39 is 17.6 Å². The molecule has 1 N–H and O–H groups in total. The molecule has 0 atom stereocenters. The van der Waals surface area contributed by atoms with Gasteiger partial charge in [0.15, 0.2) is 0 Å². The van der Waals surface area contributed by atoms with E-state index in [0.29, 0.717) is 16.9 Å². The van der Waals surface area contributed by atoms with Crippen LogP contribution in [0.2, 0.25) is 0 Å². The number of hydrogen-bond donors (Lipinski definition) is 1. The number of thiazole rings is 1. The zero-order valence-electron chi connectivity index (χ0n) is 19.0. The van der Waals surface area contributed by atoms with Crippen LogP contribution < -0.4 is 10.2 Å². The van der Waals surface area contributed by atoms with Crippen molar-refractivity contribution in [3.05, 3.63) is 107 Å². The van der Waals surface area contributed by atoms with Crippen molar-refractivity contribution in [3.8, 4) is 10.6 Å². The van der Waals surface area contributed by atoms with E-state index in [2.05, 4.69) is 10.3 Å². The number of amides is 2. The molecule has 0 saturated heterocycles. The second kappa shape index (κ2) is 10.6. The largest absolute Gasteiger partial charge is 0.416 e. The minimum atomic E-state index is -4.54. The second-order valence-electron chi connectivity index (χ2n) is 7.74. The highest BCUT2D eigenvalue weighted by molar-refractivity contribution is 7.13. The first-order valence-corrected chi connectivity index (χ1v) is 11.6. The molecule has 4 rings (SSSR count). The molecule has 0 aliphatic carbocycles. The van der Waals surface area contributed by atoms with Gasteiger partial charge in [0.25, 0.3) is 5.91 Å². The molecule has 0 saturated carbocycles. The number of para-hydroxylation sites is 1. The quantitative estimate of drug-likeness (QED) is 0.294. The minimum Gasteiger partial charge on any atom is -0.322 e. The molecule has 0 radical (unpaired) electrons. The molecule has 3 aromatic carbocycles. The Morgan fingerprint density at radius 3 is 2.53 bits per heavy atom. The van der Waals surface area contributed by atoms with Crippen LogP contribution in [0, 0.1) is 0 Å². The number of nitrogens with zero attached hydrogens (tertiary/aromatic N) is 2. The molecule has 0 aliphatic heterocycles. The molecule has 182 valence electrons. The van der Waals surface area contributed by atoms with E-state index in [1.807, 2.05) is 23.6 Å². The number of carbonyl (C=O) groups is 2. The molecule has 0 bridgehead atoms. The molecule has 4 aromatic rings. The van der Waals surface area contributed by atoms with Gasteiger partial charge in [0.2, 0.25) is 5.91 Å². The van der Waals surface area contributed by atoms with Gasteiger partial charge in [-0.05, 0) is 54.1 Å². The molecule has 0 spiro atoms. The molecule has 0 fully saturated rings. The lowest BCUT2D eigenvalue weighted by molar-refractivity contribution is -0.137. The zero-order chi connectivity index (χ0) is 25.7. The minimum absolute atomic E-state index is 0.0773. The fourth-order valence-electron chi connectivity index (χ4n) is 3.46. The van der Waals surface area contributed by atoms with Crippen LogP contribution in [-0.2, 0) is 11.0 Å². The summed E-state index contributed by atoms with van der Waals surface area (Å²) in [6, 6.07) is 18.4. The van der Waals surface area contributed by atoms with Crippen LogP contribution in [0.25, 0.3) is 16.6 Å². The van der Waals surface area contributed by atoms with Crippen LogP contribution in [0.15, 0.2) is 90.4 Å². The average Bonchev–Trinajstić information content (AvgIpc) is 3.41. The van der Waals surface area contributed by atoms with E-state index >= 15 is 0 Å². The summed E-state index contributed by atoms with van der Waals surface area (Å²) in [5, 5.41) is 5.49. The number of rotatable bonds is 6. The lowest BCUT2D eigenvalue weighted by Gasteiger charge is -2.18. The first kappa shape index (κ1) is 24.9. The fourth-order valence-corrected chi connectivity index (χ4v) is 4.14. The van der Waals surface area contributed by atoms with Crippen molar-refractivity contribution in [2.24, 2.45) is 0 Å². The Balaban J connectivity index is 1.47. The van der Waals surface area contributed by atoms with E-state index in [0.717, 1.165) is 22.7 Å². The van der Waals surface area contributed by atoms with Crippen molar-refractivity contribution in [2.75, 3.05) is 17.3 Å². The Labute approximate surface area is 209 Å². The van der Waals surface area contributed by atoms with Crippen LogP contribution in [0.1, 0.15) is 21.5 Å². The Kier molecular flexibility index (Phi) is 7.30. The van der Waals surface area contributed by atoms with Gasteiger partial charge in [-0.1, -0.05) is 30.3 Å². The SMILES string of the molecule is CN(C(=O)c1cccc(C(F)(F)F)c1)c1cccc(C=CC(=O)Nc2ccccc2-c2nccs2)c1. The fraction of sp³-hybridized carbons (Fsp3) is 0.0741. The number of anilines is 2. The van der Waals surface area contributed by atoms with Gasteiger partial charge in [-0.25, -0.2) is 4.98 Å². The monoisotopic (exact) mass is 507 g/mol. The van der Waals surface area contributed by atoms with Crippen LogP contribution in [0.3, 0.4) is 0 Å². The highest BCUT2D eigenvalue weighted by Crippen LogP contribution is 2.31. The predicted octanol–water partition coefficient (Wildman–Crippen LogP) is 6.76. The number of hydrogen-bond acceptors (Lipinski definition) is 4. The van der Waals surface area contributed by atoms with E-state index in [-0.39, 0.29) is 11.5 Å². The summed E-state index contributed by atoms with van der Waals surface area (Å²) in [6.07, 6.45) is 0.112. The third-order valence-electron chi connectivity index (χ3n) is 5.27. The molecule has 2 amide bonds. The normalized spacial score (nSPS) is 11.4. The molecule has 36 heavy (non-hydrogen) atoms. The van der Waals surface area contributed by atoms with Gasteiger partial charge in [-0.15, -0.1) is 11.3 Å². The van der Waals surface area contributed by atoms with Crippen molar-refractivity contribution in [1.82, 2.24) is 4.98 Å². The summed E-state index contributed by atoms with van der Waals surface area (Å²) in [6.45, 7) is 0. The van der Waals surface area contributed by atoms with E-state index in [1.165, 1.54) is 41.5 Å². The van der Waals surface area contributed by atoms with E-state index in [1.54, 1.807) is 42.6 Å². The van der Waals surface area contributed by atoms with Gasteiger partial charge < -0.3 is 10.2 Å². The summed E-state index contributed by atoms with van der Waals surface area (Å²) in [4.78, 5) is 30.9. The van der Waals surface area contributed by atoms with Crippen LogP contribution in [0.4, 0.5) is 24.5 Å². The molecule has 0 aliphatic rings. The highest BCUT2D eigenvalue weighted by atomic mass is 32.1. The molecule has 9 heteroatoms. The van der Waals surface area contributed by atoms with Crippen LogP contribution >= 0.6 is 11.3 Å². The summed E-state index contributed by atoms with van der Waals surface area (Å²) in [7, 11) is 1.48. The highest BCUT2D eigenvalue weighted by Gasteiger charge is 2.31. The standard InChI is InChI=1S/C27H20F3N3O2S/c1-33(26(35)19-7-5-8-20(17-19)27(28,29)30)21-9-4-6-18(16-21)12-13-24(34)32-23-11-3-2-10-22(23)25-31-14-15-36-25/h2-17H,1H3,(H,32,34). The average molecular weight is 508 g/mol. The van der Waals surface area contributed by atoms with Gasteiger partial charge in [0, 0.05) is 41.5 Å². The van der Waals surface area contributed by atoms with E-state index in [4.69, 9.17) is 0 Å². The Bertz CT molecular complexity index is 1420. The zero-order valence-corrected chi connectivity index (χ0v) is 19.8. The summed E-state index contributed by atoms with van der Waals surface area (Å²) >= 11 is 1.47. The number of carbonyl (C=O) groups excluding carboxylic acids is 2. The Hall–Kier alpha value is -4.24. The maximum absolute atomic E-state index is 13.0. The maximum Gasteiger partial charge on any atom is 0.416 e. The van der Waals surface area contributed by atoms with Gasteiger partial charge in [0.05, 0.1) is 11.3 Å². The van der Waals surface area contributed by atoms with Gasteiger partial charge in [0.1, 0.15) is 5.01 Å². The molecular formula is C27H20F3N3O2S. The number of halogens is 3. The lowest BCUT2D eigenvalue weighted by atomic mass is 10.1.